The van der Waals surface area contributed by atoms with Crippen molar-refractivity contribution in [3.8, 4) is 0 Å². The van der Waals surface area contributed by atoms with E-state index in [1.807, 2.05) is 20.8 Å². The third-order valence-corrected chi connectivity index (χ3v) is 3.22. The van der Waals surface area contributed by atoms with E-state index in [9.17, 15) is 4.79 Å². The molecule has 1 atom stereocenters. The monoisotopic (exact) mass is 272 g/mol. The highest BCUT2D eigenvalue weighted by Crippen LogP contribution is 2.08. The fraction of sp³-hybridized carbons (Fsp3) is 0.929. The quantitative estimate of drug-likeness (QED) is 0.608. The van der Waals surface area contributed by atoms with Gasteiger partial charge in [-0.1, -0.05) is 6.92 Å². The summed E-state index contributed by atoms with van der Waals surface area (Å²) in [6, 6.07) is 0.234. The van der Waals surface area contributed by atoms with E-state index in [1.54, 1.807) is 0 Å². The number of rotatable bonds is 10. The Morgan fingerprint density at radius 1 is 1.32 bits per heavy atom. The van der Waals surface area contributed by atoms with Crippen molar-refractivity contribution in [2.45, 2.75) is 45.7 Å². The molecule has 1 unspecified atom stereocenters. The van der Waals surface area contributed by atoms with Crippen LogP contribution in [0.1, 0.15) is 34.1 Å². The van der Waals surface area contributed by atoms with Crippen LogP contribution >= 0.6 is 0 Å². The number of nitrogens with one attached hydrogen (secondary N) is 1. The number of nitrogens with zero attached hydrogens (tertiary/aromatic N) is 2. The van der Waals surface area contributed by atoms with E-state index in [1.165, 1.54) is 0 Å². The molecule has 0 saturated carbocycles. The summed E-state index contributed by atoms with van der Waals surface area (Å²) in [6.07, 6.45) is 1.09. The Labute approximate surface area is 118 Å². The summed E-state index contributed by atoms with van der Waals surface area (Å²) in [5, 5.41) is 3.29. The molecule has 0 rings (SSSR count). The number of carbonyl (C=O) groups excluding carboxylic acids is 1. The highest BCUT2D eigenvalue weighted by Gasteiger charge is 2.33. The molecule has 114 valence electrons. The summed E-state index contributed by atoms with van der Waals surface area (Å²) in [7, 11) is 4.15. The van der Waals surface area contributed by atoms with Gasteiger partial charge in [0, 0.05) is 12.6 Å². The molecule has 0 fully saturated rings. The average Bonchev–Trinajstić information content (AvgIpc) is 2.25. The number of carbonyl (C=O) groups is 1. The van der Waals surface area contributed by atoms with Crippen molar-refractivity contribution in [2.24, 2.45) is 5.73 Å². The molecule has 0 aromatic rings. The van der Waals surface area contributed by atoms with Gasteiger partial charge in [0.25, 0.3) is 0 Å². The fourth-order valence-corrected chi connectivity index (χ4v) is 2.24. The van der Waals surface area contributed by atoms with Crippen molar-refractivity contribution in [3.05, 3.63) is 0 Å². The maximum Gasteiger partial charge on any atom is 0.238 e. The molecular formula is C14H32N4O. The van der Waals surface area contributed by atoms with E-state index in [0.717, 1.165) is 26.1 Å². The van der Waals surface area contributed by atoms with Crippen molar-refractivity contribution in [2.75, 3.05) is 40.3 Å². The standard InChI is InChI=1S/C14H32N4O/c1-7-18(10-8-9-17(5)6)11-14(4,13(15)19)16-12(2)3/h12,16H,7-11H2,1-6H3,(H2,15,19). The summed E-state index contributed by atoms with van der Waals surface area (Å²) < 4.78 is 0. The minimum atomic E-state index is -0.664. The first kappa shape index (κ1) is 18.4. The largest absolute Gasteiger partial charge is 0.368 e. The maximum absolute atomic E-state index is 11.7. The molecule has 5 nitrogen and oxygen atoms in total. The lowest BCUT2D eigenvalue weighted by Crippen LogP contribution is -2.61. The van der Waals surface area contributed by atoms with Crippen LogP contribution < -0.4 is 11.1 Å². The molecule has 0 aliphatic heterocycles. The van der Waals surface area contributed by atoms with Gasteiger partial charge in [0.05, 0.1) is 0 Å². The van der Waals surface area contributed by atoms with Crippen molar-refractivity contribution in [1.82, 2.24) is 15.1 Å². The Hall–Kier alpha value is -0.650. The van der Waals surface area contributed by atoms with Gasteiger partial charge in [-0.2, -0.15) is 0 Å². The van der Waals surface area contributed by atoms with E-state index in [-0.39, 0.29) is 11.9 Å². The molecule has 0 aromatic heterocycles. The SMILES string of the molecule is CCN(CCCN(C)C)CC(C)(NC(C)C)C(N)=O. The van der Waals surface area contributed by atoms with Crippen LogP contribution in [0, 0.1) is 0 Å². The number of nitrogens with two attached hydrogens (primary N) is 1. The van der Waals surface area contributed by atoms with E-state index < -0.39 is 5.54 Å². The van der Waals surface area contributed by atoms with Crippen molar-refractivity contribution < 1.29 is 4.79 Å². The molecule has 3 N–H and O–H groups in total. The minimum Gasteiger partial charge on any atom is -0.368 e. The van der Waals surface area contributed by atoms with Crippen LogP contribution in [0.2, 0.25) is 0 Å². The molecule has 0 saturated heterocycles. The molecule has 19 heavy (non-hydrogen) atoms. The summed E-state index contributed by atoms with van der Waals surface area (Å²) >= 11 is 0. The van der Waals surface area contributed by atoms with E-state index in [0.29, 0.717) is 6.54 Å². The third-order valence-electron chi connectivity index (χ3n) is 3.22. The second-order valence-corrected chi connectivity index (χ2v) is 6.02. The molecule has 5 heteroatoms. The summed E-state index contributed by atoms with van der Waals surface area (Å²) in [5.41, 5.74) is 4.90. The summed E-state index contributed by atoms with van der Waals surface area (Å²) in [6.45, 7) is 11.7. The molecule has 0 aliphatic rings. The van der Waals surface area contributed by atoms with Gasteiger partial charge < -0.3 is 20.9 Å². The highest BCUT2D eigenvalue weighted by atomic mass is 16.1. The predicted molar refractivity (Wildman–Crippen MR) is 81.2 cm³/mol. The number of likely N-dealkylation sites (N-methyl/N-ethyl adjacent to an activating group) is 1. The van der Waals surface area contributed by atoms with Gasteiger partial charge in [0.15, 0.2) is 0 Å². The van der Waals surface area contributed by atoms with E-state index in [4.69, 9.17) is 5.73 Å². The Morgan fingerprint density at radius 2 is 1.89 bits per heavy atom. The lowest BCUT2D eigenvalue weighted by Gasteiger charge is -2.35. The van der Waals surface area contributed by atoms with Gasteiger partial charge in [0.2, 0.25) is 5.91 Å². The highest BCUT2D eigenvalue weighted by molar-refractivity contribution is 5.84. The van der Waals surface area contributed by atoms with Crippen LogP contribution in [0.3, 0.4) is 0 Å². The molecule has 0 heterocycles. The Morgan fingerprint density at radius 3 is 2.26 bits per heavy atom. The zero-order valence-corrected chi connectivity index (χ0v) is 13.5. The first-order chi connectivity index (χ1) is 8.71. The second-order valence-electron chi connectivity index (χ2n) is 6.02. The van der Waals surface area contributed by atoms with Crippen LogP contribution in [0.5, 0.6) is 0 Å². The molecule has 1 amide bonds. The summed E-state index contributed by atoms with van der Waals surface area (Å²) in [5.74, 6) is -0.285. The molecule has 0 aliphatic carbocycles. The van der Waals surface area contributed by atoms with Crippen LogP contribution in [0.25, 0.3) is 0 Å². The lowest BCUT2D eigenvalue weighted by atomic mass is 9.99. The Balaban J connectivity index is 4.48. The van der Waals surface area contributed by atoms with E-state index >= 15 is 0 Å². The number of amides is 1. The molecule has 0 spiro atoms. The zero-order valence-electron chi connectivity index (χ0n) is 13.5. The smallest absolute Gasteiger partial charge is 0.238 e. The Kier molecular flexibility index (Phi) is 8.22. The topological polar surface area (TPSA) is 61.6 Å². The number of hydrogen-bond acceptors (Lipinski definition) is 4. The van der Waals surface area contributed by atoms with Gasteiger partial charge >= 0.3 is 0 Å². The first-order valence-electron chi connectivity index (χ1n) is 7.16. The molecule has 0 aromatic carbocycles. The maximum atomic E-state index is 11.7. The Bertz CT molecular complexity index is 268. The van der Waals surface area contributed by atoms with Gasteiger partial charge in [-0.25, -0.2) is 0 Å². The van der Waals surface area contributed by atoms with Gasteiger partial charge in [0.1, 0.15) is 5.54 Å². The lowest BCUT2D eigenvalue weighted by molar-refractivity contribution is -0.124. The van der Waals surface area contributed by atoms with Gasteiger partial charge in [-0.15, -0.1) is 0 Å². The van der Waals surface area contributed by atoms with Crippen LogP contribution in [0.4, 0.5) is 0 Å². The van der Waals surface area contributed by atoms with E-state index in [2.05, 4.69) is 36.1 Å². The molecular weight excluding hydrogens is 240 g/mol. The van der Waals surface area contributed by atoms with Crippen LogP contribution in [-0.4, -0.2) is 67.6 Å². The second kappa shape index (κ2) is 8.51. The van der Waals surface area contributed by atoms with Crippen molar-refractivity contribution in [1.29, 1.82) is 0 Å². The zero-order chi connectivity index (χ0) is 15.1. The first-order valence-corrected chi connectivity index (χ1v) is 7.16. The van der Waals surface area contributed by atoms with Crippen LogP contribution in [0.15, 0.2) is 0 Å². The minimum absolute atomic E-state index is 0.234. The fourth-order valence-electron chi connectivity index (χ4n) is 2.24. The number of hydrogen-bond donors (Lipinski definition) is 2. The molecule has 0 radical (unpaired) electrons. The normalized spacial score (nSPS) is 15.2. The van der Waals surface area contributed by atoms with Gasteiger partial charge in [-0.05, 0) is 60.9 Å². The van der Waals surface area contributed by atoms with Crippen LogP contribution in [-0.2, 0) is 4.79 Å². The predicted octanol–water partition coefficient (Wildman–Crippen LogP) is 0.502. The van der Waals surface area contributed by atoms with Gasteiger partial charge in [-0.3, -0.25) is 4.79 Å². The number of primary amides is 1. The van der Waals surface area contributed by atoms with Crippen molar-refractivity contribution in [3.63, 3.8) is 0 Å². The third kappa shape index (κ3) is 7.50. The summed E-state index contributed by atoms with van der Waals surface area (Å²) in [4.78, 5) is 16.2. The van der Waals surface area contributed by atoms with Crippen molar-refractivity contribution >= 4 is 5.91 Å². The average molecular weight is 272 g/mol. The molecule has 0 bridgehead atoms.